The van der Waals surface area contributed by atoms with Crippen molar-refractivity contribution in [2.45, 2.75) is 13.8 Å². The molecule has 1 heterocycles. The van der Waals surface area contributed by atoms with Gasteiger partial charge in [0.05, 0.1) is 12.7 Å². The number of nitrogens with one attached hydrogen (secondary N) is 1. The van der Waals surface area contributed by atoms with Crippen LogP contribution >= 0.6 is 0 Å². The smallest absolute Gasteiger partial charge is 0.325 e. The molecule has 0 radical (unpaired) electrons. The van der Waals surface area contributed by atoms with Crippen LogP contribution in [0.15, 0.2) is 24.3 Å². The fourth-order valence-corrected chi connectivity index (χ4v) is 2.26. The molecule has 5 nitrogen and oxygen atoms in total. The Morgan fingerprint density at radius 1 is 1.30 bits per heavy atom. The Labute approximate surface area is 117 Å². The number of aryl methyl sites for hydroxylation is 1. The predicted molar refractivity (Wildman–Crippen MR) is 76.6 cm³/mol. The average Bonchev–Trinajstić information content (AvgIpc) is 2.79. The molecule has 1 aromatic heterocycles. The quantitative estimate of drug-likeness (QED) is 0.869. The maximum Gasteiger partial charge on any atom is 0.325 e. The number of amides is 1. The highest BCUT2D eigenvalue weighted by Crippen LogP contribution is 2.23. The first-order valence-corrected chi connectivity index (χ1v) is 6.51. The number of rotatable bonds is 4. The van der Waals surface area contributed by atoms with Crippen molar-refractivity contribution in [2.75, 3.05) is 20.2 Å². The molecular weight excluding hydrogens is 256 g/mol. The number of benzene rings is 1. The molecule has 0 bridgehead atoms. The lowest BCUT2D eigenvalue weighted by Gasteiger charge is -2.19. The molecule has 2 rings (SSSR count). The molecular formula is C15H18N2O3. The van der Waals surface area contributed by atoms with E-state index in [1.165, 1.54) is 12.0 Å². The van der Waals surface area contributed by atoms with Crippen LogP contribution in [-0.4, -0.2) is 42.0 Å². The number of esters is 1. The summed E-state index contributed by atoms with van der Waals surface area (Å²) in [6.45, 7) is 4.11. The van der Waals surface area contributed by atoms with E-state index in [4.69, 9.17) is 0 Å². The summed E-state index contributed by atoms with van der Waals surface area (Å²) in [6, 6.07) is 7.63. The number of H-pyrrole nitrogens is 1. The zero-order valence-corrected chi connectivity index (χ0v) is 11.9. The summed E-state index contributed by atoms with van der Waals surface area (Å²) >= 11 is 0. The monoisotopic (exact) mass is 274 g/mol. The van der Waals surface area contributed by atoms with Gasteiger partial charge in [-0.25, -0.2) is 0 Å². The van der Waals surface area contributed by atoms with E-state index in [1.807, 2.05) is 38.1 Å². The summed E-state index contributed by atoms with van der Waals surface area (Å²) in [4.78, 5) is 28.7. The zero-order chi connectivity index (χ0) is 14.7. The summed E-state index contributed by atoms with van der Waals surface area (Å²) in [5.74, 6) is -0.578. The molecule has 0 atom stereocenters. The van der Waals surface area contributed by atoms with Crippen LogP contribution in [-0.2, 0) is 9.53 Å². The highest BCUT2D eigenvalue weighted by atomic mass is 16.5. The molecule has 20 heavy (non-hydrogen) atoms. The normalized spacial score (nSPS) is 10.6. The molecule has 5 heteroatoms. The summed E-state index contributed by atoms with van der Waals surface area (Å²) in [7, 11) is 1.32. The Morgan fingerprint density at radius 2 is 2.00 bits per heavy atom. The molecule has 106 valence electrons. The van der Waals surface area contributed by atoms with Gasteiger partial charge in [0.25, 0.3) is 5.91 Å². The number of carbonyl (C=O) groups excluding carboxylic acids is 2. The van der Waals surface area contributed by atoms with Crippen LogP contribution < -0.4 is 0 Å². The molecule has 1 N–H and O–H groups in total. The maximum absolute atomic E-state index is 12.6. The van der Waals surface area contributed by atoms with Gasteiger partial charge in [-0.1, -0.05) is 18.2 Å². The van der Waals surface area contributed by atoms with E-state index in [0.29, 0.717) is 12.1 Å². The second kappa shape index (κ2) is 5.77. The van der Waals surface area contributed by atoms with E-state index in [-0.39, 0.29) is 12.5 Å². The molecule has 0 saturated heterocycles. The minimum atomic E-state index is -0.419. The van der Waals surface area contributed by atoms with Crippen molar-refractivity contribution in [2.24, 2.45) is 0 Å². The second-order valence-electron chi connectivity index (χ2n) is 4.57. The van der Waals surface area contributed by atoms with Gasteiger partial charge in [-0.15, -0.1) is 0 Å². The first-order chi connectivity index (χ1) is 9.58. The van der Waals surface area contributed by atoms with E-state index in [1.54, 1.807) is 0 Å². The Kier molecular flexibility index (Phi) is 4.08. The lowest BCUT2D eigenvalue weighted by molar-refractivity contribution is -0.141. The number of para-hydroxylation sites is 1. The number of likely N-dealkylation sites (N-methyl/N-ethyl adjacent to an activating group) is 1. The molecule has 0 aliphatic carbocycles. The van der Waals surface area contributed by atoms with Crippen LogP contribution in [0.25, 0.3) is 10.9 Å². The fourth-order valence-electron chi connectivity index (χ4n) is 2.26. The molecule has 2 aromatic rings. The Morgan fingerprint density at radius 3 is 2.65 bits per heavy atom. The summed E-state index contributed by atoms with van der Waals surface area (Å²) in [6.07, 6.45) is 0. The topological polar surface area (TPSA) is 62.4 Å². The number of fused-ring (bicyclic) bond motifs is 1. The van der Waals surface area contributed by atoms with Crippen LogP contribution in [0.1, 0.15) is 23.0 Å². The van der Waals surface area contributed by atoms with Gasteiger partial charge in [-0.3, -0.25) is 9.59 Å². The summed E-state index contributed by atoms with van der Waals surface area (Å²) in [5, 5.41) is 0.873. The molecule has 0 aliphatic heterocycles. The number of hydrogen-bond donors (Lipinski definition) is 1. The van der Waals surface area contributed by atoms with Gasteiger partial charge in [0.2, 0.25) is 0 Å². The third-order valence-electron chi connectivity index (χ3n) is 3.32. The van der Waals surface area contributed by atoms with E-state index in [0.717, 1.165) is 16.6 Å². The minimum Gasteiger partial charge on any atom is -0.468 e. The number of aromatic nitrogens is 1. The summed E-state index contributed by atoms with van der Waals surface area (Å²) < 4.78 is 4.63. The van der Waals surface area contributed by atoms with E-state index >= 15 is 0 Å². The van der Waals surface area contributed by atoms with E-state index in [2.05, 4.69) is 9.72 Å². The molecule has 1 aromatic carbocycles. The lowest BCUT2D eigenvalue weighted by Crippen LogP contribution is -2.36. The van der Waals surface area contributed by atoms with Crippen molar-refractivity contribution in [1.29, 1.82) is 0 Å². The van der Waals surface area contributed by atoms with Gasteiger partial charge in [-0.2, -0.15) is 0 Å². The van der Waals surface area contributed by atoms with Crippen LogP contribution in [0.3, 0.4) is 0 Å². The molecule has 0 saturated carbocycles. The first kappa shape index (κ1) is 14.1. The number of methoxy groups -OCH3 is 1. The molecule has 0 aliphatic rings. The third-order valence-corrected chi connectivity index (χ3v) is 3.32. The summed E-state index contributed by atoms with van der Waals surface area (Å²) in [5.41, 5.74) is 2.34. The number of hydrogen-bond acceptors (Lipinski definition) is 3. The Balaban J connectivity index is 2.39. The number of aromatic amines is 1. The van der Waals surface area contributed by atoms with Crippen molar-refractivity contribution in [3.05, 3.63) is 35.5 Å². The lowest BCUT2D eigenvalue weighted by atomic mass is 10.1. The Hall–Kier alpha value is -2.30. The van der Waals surface area contributed by atoms with Gasteiger partial charge in [-0.05, 0) is 19.9 Å². The Bertz CT molecular complexity index is 646. The number of carbonyl (C=O) groups is 2. The third kappa shape index (κ3) is 2.52. The van der Waals surface area contributed by atoms with Gasteiger partial charge < -0.3 is 14.6 Å². The SMILES string of the molecule is CCN(CC(=O)OC)C(=O)c1c(C)[nH]c2ccccc12. The molecule has 0 unspecified atom stereocenters. The van der Waals surface area contributed by atoms with Crippen molar-refractivity contribution >= 4 is 22.8 Å². The second-order valence-corrected chi connectivity index (χ2v) is 4.57. The van der Waals surface area contributed by atoms with E-state index < -0.39 is 5.97 Å². The van der Waals surface area contributed by atoms with Gasteiger partial charge in [0.1, 0.15) is 6.54 Å². The van der Waals surface area contributed by atoms with Gasteiger partial charge in [0, 0.05) is 23.1 Å². The highest BCUT2D eigenvalue weighted by molar-refractivity contribution is 6.08. The van der Waals surface area contributed by atoms with Crippen molar-refractivity contribution in [1.82, 2.24) is 9.88 Å². The number of ether oxygens (including phenoxy) is 1. The van der Waals surface area contributed by atoms with Crippen molar-refractivity contribution in [3.63, 3.8) is 0 Å². The predicted octanol–water partition coefficient (Wildman–Crippen LogP) is 2.11. The fraction of sp³-hybridized carbons (Fsp3) is 0.333. The highest BCUT2D eigenvalue weighted by Gasteiger charge is 2.22. The van der Waals surface area contributed by atoms with Crippen molar-refractivity contribution < 1.29 is 14.3 Å². The van der Waals surface area contributed by atoms with Crippen molar-refractivity contribution in [3.8, 4) is 0 Å². The molecule has 1 amide bonds. The first-order valence-electron chi connectivity index (χ1n) is 6.51. The van der Waals surface area contributed by atoms with E-state index in [9.17, 15) is 9.59 Å². The maximum atomic E-state index is 12.6. The average molecular weight is 274 g/mol. The van der Waals surface area contributed by atoms with Crippen LogP contribution in [0.5, 0.6) is 0 Å². The van der Waals surface area contributed by atoms with Crippen LogP contribution in [0.2, 0.25) is 0 Å². The largest absolute Gasteiger partial charge is 0.468 e. The van der Waals surface area contributed by atoms with Gasteiger partial charge >= 0.3 is 5.97 Å². The zero-order valence-electron chi connectivity index (χ0n) is 11.9. The minimum absolute atomic E-state index is 0.0369. The molecule has 0 spiro atoms. The van der Waals surface area contributed by atoms with Crippen LogP contribution in [0.4, 0.5) is 0 Å². The van der Waals surface area contributed by atoms with Gasteiger partial charge in [0.15, 0.2) is 0 Å². The van der Waals surface area contributed by atoms with Crippen LogP contribution in [0, 0.1) is 6.92 Å². The molecule has 0 fully saturated rings. The standard InChI is InChI=1S/C15H18N2O3/c1-4-17(9-13(18)20-3)15(19)14-10(2)16-12-8-6-5-7-11(12)14/h5-8,16H,4,9H2,1-3H3. The number of nitrogens with zero attached hydrogens (tertiary/aromatic N) is 1.